The van der Waals surface area contributed by atoms with Gasteiger partial charge in [0.25, 0.3) is 10.1 Å². The first-order valence-corrected chi connectivity index (χ1v) is 17.1. The average Bonchev–Trinajstić information content (AvgIpc) is 3.64. The van der Waals surface area contributed by atoms with E-state index >= 15 is 0 Å². The fourth-order valence-electron chi connectivity index (χ4n) is 8.27. The summed E-state index contributed by atoms with van der Waals surface area (Å²) in [6.45, 7) is 2.19. The van der Waals surface area contributed by atoms with Crippen LogP contribution in [0.4, 0.5) is 5.69 Å². The standard InChI is InChI=1S/C37H33ClN2O3S/c1-21-10-15-32-35-24(21)6-4-7-27(35)30(39(32)2)16-13-25-22-11-12-23(20-22)26(37(25)38)14-17-31-28-8-5-9-29-34(44(41,42)43)19-18-33(36(28)29)40(31)3/h4-10,13-19,22-23,30H,11-12,20H2,1-3H3,(H,41,42,43)/p+1/b16-13+,26-14+,31-17?. The minimum absolute atomic E-state index is 0.0676. The Balaban J connectivity index is 1.22. The first-order chi connectivity index (χ1) is 21.1. The number of halogens is 1. The van der Waals surface area contributed by atoms with Gasteiger partial charge in [-0.3, -0.25) is 9.45 Å². The number of nitrogens with zero attached hydrogens (tertiary/aromatic N) is 1. The minimum Gasteiger partial charge on any atom is -0.344 e. The normalized spacial score (nSPS) is 24.8. The lowest BCUT2D eigenvalue weighted by molar-refractivity contribution is -0.832. The van der Waals surface area contributed by atoms with E-state index in [4.69, 9.17) is 11.6 Å². The van der Waals surface area contributed by atoms with Gasteiger partial charge >= 0.3 is 0 Å². The van der Waals surface area contributed by atoms with Crippen LogP contribution in [-0.2, 0) is 17.2 Å². The fourth-order valence-corrected chi connectivity index (χ4v) is 9.39. The number of likely N-dealkylation sites (N-methyl/N-ethyl adjacent to an activating group) is 1. The number of allylic oxidation sites excluding steroid dienone is 5. The number of nitrogens with one attached hydrogen (secondary N) is 1. The number of rotatable bonds is 4. The zero-order chi connectivity index (χ0) is 30.5. The number of fused-ring (bicyclic) bond motifs is 2. The van der Waals surface area contributed by atoms with Crippen LogP contribution in [0, 0.1) is 18.8 Å². The van der Waals surface area contributed by atoms with Gasteiger partial charge < -0.3 is 4.57 Å². The lowest BCUT2D eigenvalue weighted by Crippen LogP contribution is -3.02. The van der Waals surface area contributed by atoms with E-state index in [1.165, 1.54) is 49.7 Å². The van der Waals surface area contributed by atoms with E-state index in [0.717, 1.165) is 45.9 Å². The topological polar surface area (TPSA) is 63.7 Å². The molecule has 1 saturated carbocycles. The number of quaternary nitrogens is 1. The molecule has 2 N–H and O–H groups in total. The summed E-state index contributed by atoms with van der Waals surface area (Å²) < 4.78 is 36.1. The van der Waals surface area contributed by atoms with Crippen LogP contribution in [-0.4, -0.2) is 24.6 Å². The number of hydrogen-bond donors (Lipinski definition) is 2. The summed E-state index contributed by atoms with van der Waals surface area (Å²) in [4.78, 5) is 1.32. The van der Waals surface area contributed by atoms with Crippen molar-refractivity contribution in [2.75, 3.05) is 7.05 Å². The van der Waals surface area contributed by atoms with Crippen LogP contribution in [0.5, 0.6) is 0 Å². The van der Waals surface area contributed by atoms with Gasteiger partial charge in [0, 0.05) is 50.7 Å². The van der Waals surface area contributed by atoms with Gasteiger partial charge in [0.1, 0.15) is 16.6 Å². The van der Waals surface area contributed by atoms with Crippen molar-refractivity contribution in [3.63, 3.8) is 0 Å². The van der Waals surface area contributed by atoms with Gasteiger partial charge in [-0.1, -0.05) is 66.2 Å². The summed E-state index contributed by atoms with van der Waals surface area (Å²) >= 11 is 7.27. The van der Waals surface area contributed by atoms with Crippen molar-refractivity contribution in [2.24, 2.45) is 18.9 Å². The first-order valence-electron chi connectivity index (χ1n) is 15.3. The highest BCUT2D eigenvalue weighted by atomic mass is 35.5. The maximum Gasteiger partial charge on any atom is 0.295 e. The lowest BCUT2D eigenvalue weighted by atomic mass is 9.84. The molecule has 0 amide bonds. The van der Waals surface area contributed by atoms with Crippen molar-refractivity contribution >= 4 is 65.9 Å². The monoisotopic (exact) mass is 621 g/mol. The number of benzene rings is 4. The fraction of sp³-hybridized carbons (Fsp3) is 0.243. The second-order valence-electron chi connectivity index (χ2n) is 12.7. The molecule has 4 atom stereocenters. The maximum atomic E-state index is 12.1. The second-order valence-corrected chi connectivity index (χ2v) is 14.5. The Labute approximate surface area is 262 Å². The summed E-state index contributed by atoms with van der Waals surface area (Å²) in [5, 5.41) is 6.87. The van der Waals surface area contributed by atoms with Gasteiger partial charge in [-0.25, -0.2) is 0 Å². The lowest BCUT2D eigenvalue weighted by Gasteiger charge is -2.25. The van der Waals surface area contributed by atoms with Crippen molar-refractivity contribution in [3.05, 3.63) is 112 Å². The SMILES string of the molecule is Cc1ccc2c3c(cccc13)C(/C=C/C1=C(Cl)C(=C/C=c3c4cccc5c(S(=O)(=O)O)ccc(c54)n3C)/C3CCC1C3)[NH+]2C. The molecular formula is C37H34ClN2O3S+. The van der Waals surface area contributed by atoms with Crippen LogP contribution in [0.2, 0.25) is 0 Å². The Morgan fingerprint density at radius 1 is 0.932 bits per heavy atom. The van der Waals surface area contributed by atoms with E-state index in [9.17, 15) is 13.0 Å². The number of aromatic nitrogens is 1. The molecule has 0 saturated heterocycles. The summed E-state index contributed by atoms with van der Waals surface area (Å²) in [7, 11) is -0.0946. The molecule has 1 aliphatic heterocycles. The predicted molar refractivity (Wildman–Crippen MR) is 179 cm³/mol. The van der Waals surface area contributed by atoms with E-state index < -0.39 is 10.1 Å². The number of aryl methyl sites for hydroxylation is 2. The van der Waals surface area contributed by atoms with Crippen LogP contribution in [0.3, 0.4) is 0 Å². The molecule has 2 heterocycles. The third-order valence-electron chi connectivity index (χ3n) is 10.5. The van der Waals surface area contributed by atoms with Crippen LogP contribution < -0.4 is 10.2 Å². The predicted octanol–water partition coefficient (Wildman–Crippen LogP) is 6.85. The molecular weight excluding hydrogens is 588 g/mol. The first kappa shape index (κ1) is 27.8. The Morgan fingerprint density at radius 3 is 2.50 bits per heavy atom. The molecule has 0 radical (unpaired) electrons. The molecule has 2 aliphatic carbocycles. The average molecular weight is 622 g/mol. The zero-order valence-electron chi connectivity index (χ0n) is 24.9. The Morgan fingerprint density at radius 2 is 1.68 bits per heavy atom. The van der Waals surface area contributed by atoms with E-state index in [0.29, 0.717) is 17.2 Å². The molecule has 4 aromatic carbocycles. The van der Waals surface area contributed by atoms with Gasteiger partial charge in [-0.05, 0) is 84.4 Å². The van der Waals surface area contributed by atoms with Gasteiger partial charge in [-0.2, -0.15) is 8.42 Å². The van der Waals surface area contributed by atoms with E-state index in [1.807, 2.05) is 19.2 Å². The molecule has 0 spiro atoms. The molecule has 1 aromatic heterocycles. The quantitative estimate of drug-likeness (QED) is 0.216. The number of hydrogen-bond acceptors (Lipinski definition) is 2. The molecule has 222 valence electrons. The zero-order valence-corrected chi connectivity index (χ0v) is 26.5. The van der Waals surface area contributed by atoms with Crippen molar-refractivity contribution in [3.8, 4) is 0 Å². The van der Waals surface area contributed by atoms with Gasteiger partial charge in [0.05, 0.1) is 12.4 Å². The molecule has 1 fully saturated rings. The third kappa shape index (κ3) is 4.01. The minimum atomic E-state index is -4.34. The molecule has 44 heavy (non-hydrogen) atoms. The highest BCUT2D eigenvalue weighted by molar-refractivity contribution is 7.86. The third-order valence-corrected chi connectivity index (χ3v) is 11.8. The van der Waals surface area contributed by atoms with Crippen molar-refractivity contribution in [2.45, 2.75) is 37.1 Å². The molecule has 2 bridgehead atoms. The van der Waals surface area contributed by atoms with Gasteiger partial charge in [0.15, 0.2) is 0 Å². The summed E-state index contributed by atoms with van der Waals surface area (Å²) in [6, 6.07) is 20.3. The molecule has 5 nitrogen and oxygen atoms in total. The Hall–Kier alpha value is -3.68. The summed E-state index contributed by atoms with van der Waals surface area (Å²) in [6.07, 6.45) is 12.3. The van der Waals surface area contributed by atoms with Crippen LogP contribution in [0.25, 0.3) is 38.5 Å². The summed E-state index contributed by atoms with van der Waals surface area (Å²) in [5.74, 6) is 0.903. The maximum absolute atomic E-state index is 12.1. The van der Waals surface area contributed by atoms with Crippen LogP contribution in [0.15, 0.2) is 100.0 Å². The van der Waals surface area contributed by atoms with Crippen molar-refractivity contribution < 1.29 is 17.9 Å². The van der Waals surface area contributed by atoms with E-state index in [-0.39, 0.29) is 10.9 Å². The smallest absolute Gasteiger partial charge is 0.295 e. The van der Waals surface area contributed by atoms with Gasteiger partial charge in [0.2, 0.25) is 0 Å². The molecule has 3 aliphatic rings. The highest BCUT2D eigenvalue weighted by Crippen LogP contribution is 2.50. The van der Waals surface area contributed by atoms with Crippen molar-refractivity contribution in [1.82, 2.24) is 4.57 Å². The van der Waals surface area contributed by atoms with Crippen LogP contribution >= 0.6 is 11.6 Å². The largest absolute Gasteiger partial charge is 0.344 e. The Bertz CT molecular complexity index is 2310. The Kier molecular flexibility index (Phi) is 6.27. The van der Waals surface area contributed by atoms with Gasteiger partial charge in [-0.15, -0.1) is 0 Å². The molecule has 8 rings (SSSR count). The molecule has 5 aromatic rings. The van der Waals surface area contributed by atoms with Crippen LogP contribution in [0.1, 0.15) is 36.4 Å². The highest BCUT2D eigenvalue weighted by Gasteiger charge is 2.37. The van der Waals surface area contributed by atoms with Crippen molar-refractivity contribution in [1.29, 1.82) is 0 Å². The molecule has 4 unspecified atom stereocenters. The van der Waals surface area contributed by atoms with E-state index in [1.54, 1.807) is 12.1 Å². The van der Waals surface area contributed by atoms with E-state index in [2.05, 4.69) is 73.2 Å². The second kappa shape index (κ2) is 9.91. The molecule has 7 heteroatoms. The summed E-state index contributed by atoms with van der Waals surface area (Å²) in [5.41, 5.74) is 7.37.